The van der Waals surface area contributed by atoms with Crippen LogP contribution in [0.2, 0.25) is 0 Å². The van der Waals surface area contributed by atoms with Gasteiger partial charge in [-0.05, 0) is 50.1 Å². The Morgan fingerprint density at radius 1 is 1.22 bits per heavy atom. The first kappa shape index (κ1) is 17.7. The van der Waals surface area contributed by atoms with Crippen LogP contribution in [0.25, 0.3) is 0 Å². The maximum atomic E-state index is 12.4. The summed E-state index contributed by atoms with van der Waals surface area (Å²) in [7, 11) is 0. The van der Waals surface area contributed by atoms with E-state index in [9.17, 15) is 9.59 Å². The van der Waals surface area contributed by atoms with Gasteiger partial charge in [0.1, 0.15) is 5.00 Å². The molecule has 0 bridgehead atoms. The van der Waals surface area contributed by atoms with E-state index in [1.807, 2.05) is 13.8 Å². The second kappa shape index (κ2) is 7.75. The number of amides is 1. The third-order valence-electron chi connectivity index (χ3n) is 3.38. The number of esters is 1. The standard InChI is InChI=1S/C17H18BrNO3S/c1-4-13-10(3)23-16(14(13)17(21)22-5-2)19-15(20)11-6-8-12(18)9-7-11/h6-9H,4-5H2,1-3H3,(H,19,20). The molecule has 0 atom stereocenters. The lowest BCUT2D eigenvalue weighted by Gasteiger charge is -2.08. The van der Waals surface area contributed by atoms with Crippen LogP contribution in [0.15, 0.2) is 28.7 Å². The van der Waals surface area contributed by atoms with Gasteiger partial charge in [-0.15, -0.1) is 11.3 Å². The molecule has 2 aromatic rings. The Bertz CT molecular complexity index is 722. The Morgan fingerprint density at radius 2 is 1.87 bits per heavy atom. The van der Waals surface area contributed by atoms with Gasteiger partial charge < -0.3 is 10.1 Å². The largest absolute Gasteiger partial charge is 0.462 e. The van der Waals surface area contributed by atoms with E-state index < -0.39 is 0 Å². The highest BCUT2D eigenvalue weighted by molar-refractivity contribution is 9.10. The van der Waals surface area contributed by atoms with Crippen LogP contribution in [0.3, 0.4) is 0 Å². The lowest BCUT2D eigenvalue weighted by atomic mass is 10.1. The molecule has 0 aliphatic carbocycles. The number of hydrogen-bond donors (Lipinski definition) is 1. The summed E-state index contributed by atoms with van der Waals surface area (Å²) in [5.74, 6) is -0.633. The Hall–Kier alpha value is -1.66. The van der Waals surface area contributed by atoms with E-state index in [1.165, 1.54) is 11.3 Å². The minimum Gasteiger partial charge on any atom is -0.462 e. The Balaban J connectivity index is 2.33. The number of aryl methyl sites for hydroxylation is 1. The van der Waals surface area contributed by atoms with Gasteiger partial charge in [0.2, 0.25) is 0 Å². The number of halogens is 1. The molecule has 2 rings (SSSR count). The molecule has 0 aliphatic heterocycles. The molecular formula is C17H18BrNO3S. The van der Waals surface area contributed by atoms with Crippen LogP contribution in [0.5, 0.6) is 0 Å². The third-order valence-corrected chi connectivity index (χ3v) is 4.97. The average Bonchev–Trinajstić information content (AvgIpc) is 2.83. The average molecular weight is 396 g/mol. The predicted molar refractivity (Wildman–Crippen MR) is 96.5 cm³/mol. The van der Waals surface area contributed by atoms with E-state index in [0.717, 1.165) is 14.9 Å². The van der Waals surface area contributed by atoms with Crippen molar-refractivity contribution in [3.05, 3.63) is 50.3 Å². The van der Waals surface area contributed by atoms with Gasteiger partial charge in [0.15, 0.2) is 0 Å². The van der Waals surface area contributed by atoms with Crippen molar-refractivity contribution in [1.29, 1.82) is 0 Å². The number of nitrogens with one attached hydrogen (secondary N) is 1. The van der Waals surface area contributed by atoms with Crippen LogP contribution in [0.1, 0.15) is 45.0 Å². The van der Waals surface area contributed by atoms with Crippen LogP contribution in [0.4, 0.5) is 5.00 Å². The van der Waals surface area contributed by atoms with Gasteiger partial charge >= 0.3 is 5.97 Å². The second-order valence-corrected chi connectivity index (χ2v) is 7.02. The minimum absolute atomic E-state index is 0.244. The first-order valence-corrected chi connectivity index (χ1v) is 8.95. The van der Waals surface area contributed by atoms with E-state index in [-0.39, 0.29) is 11.9 Å². The number of benzene rings is 1. The van der Waals surface area contributed by atoms with Crippen LogP contribution < -0.4 is 5.32 Å². The summed E-state index contributed by atoms with van der Waals surface area (Å²) in [6.45, 7) is 6.00. The van der Waals surface area contributed by atoms with Crippen molar-refractivity contribution in [2.75, 3.05) is 11.9 Å². The molecule has 1 aromatic carbocycles. The number of rotatable bonds is 5. The lowest BCUT2D eigenvalue weighted by Crippen LogP contribution is -2.15. The molecule has 4 nitrogen and oxygen atoms in total. The molecule has 6 heteroatoms. The van der Waals surface area contributed by atoms with Crippen molar-refractivity contribution in [2.24, 2.45) is 0 Å². The highest BCUT2D eigenvalue weighted by Crippen LogP contribution is 2.34. The normalized spacial score (nSPS) is 10.4. The van der Waals surface area contributed by atoms with Crippen molar-refractivity contribution < 1.29 is 14.3 Å². The van der Waals surface area contributed by atoms with Crippen LogP contribution >= 0.6 is 27.3 Å². The zero-order valence-corrected chi connectivity index (χ0v) is 15.6. The molecule has 0 radical (unpaired) electrons. The fourth-order valence-electron chi connectivity index (χ4n) is 2.29. The van der Waals surface area contributed by atoms with Crippen LogP contribution in [0, 0.1) is 6.92 Å². The summed E-state index contributed by atoms with van der Waals surface area (Å²) in [6, 6.07) is 7.06. The molecule has 23 heavy (non-hydrogen) atoms. The highest BCUT2D eigenvalue weighted by Gasteiger charge is 2.23. The second-order valence-electron chi connectivity index (χ2n) is 4.88. The molecule has 1 heterocycles. The van der Waals surface area contributed by atoms with Gasteiger partial charge in [-0.3, -0.25) is 4.79 Å². The zero-order chi connectivity index (χ0) is 17.0. The summed E-state index contributed by atoms with van der Waals surface area (Å²) >= 11 is 4.74. The maximum absolute atomic E-state index is 12.4. The van der Waals surface area contributed by atoms with Crippen molar-refractivity contribution in [2.45, 2.75) is 27.2 Å². The first-order valence-electron chi connectivity index (χ1n) is 7.34. The Morgan fingerprint density at radius 3 is 2.43 bits per heavy atom. The van der Waals surface area contributed by atoms with Crippen molar-refractivity contribution in [3.63, 3.8) is 0 Å². The van der Waals surface area contributed by atoms with Crippen LogP contribution in [-0.4, -0.2) is 18.5 Å². The number of carbonyl (C=O) groups is 2. The van der Waals surface area contributed by atoms with E-state index in [2.05, 4.69) is 21.2 Å². The molecule has 0 aliphatic rings. The number of hydrogen-bond acceptors (Lipinski definition) is 4. The minimum atomic E-state index is -0.389. The molecule has 0 saturated carbocycles. The molecule has 0 unspecified atom stereocenters. The van der Waals surface area contributed by atoms with Gasteiger partial charge in [-0.2, -0.15) is 0 Å². The number of ether oxygens (including phenoxy) is 1. The number of carbonyl (C=O) groups excluding carboxylic acids is 2. The molecule has 1 N–H and O–H groups in total. The van der Waals surface area contributed by atoms with E-state index in [0.29, 0.717) is 29.2 Å². The number of thiophene rings is 1. The summed E-state index contributed by atoms with van der Waals surface area (Å²) in [4.78, 5) is 25.7. The molecule has 1 aromatic heterocycles. The maximum Gasteiger partial charge on any atom is 0.341 e. The Labute approximate surface area is 148 Å². The summed E-state index contributed by atoms with van der Waals surface area (Å²) < 4.78 is 6.04. The monoisotopic (exact) mass is 395 g/mol. The van der Waals surface area contributed by atoms with Gasteiger partial charge in [-0.1, -0.05) is 22.9 Å². The third kappa shape index (κ3) is 4.00. The molecule has 1 amide bonds. The number of anilines is 1. The molecule has 0 saturated heterocycles. The summed E-state index contributed by atoms with van der Waals surface area (Å²) in [6.07, 6.45) is 0.713. The van der Waals surface area contributed by atoms with Crippen molar-refractivity contribution >= 4 is 44.1 Å². The van der Waals surface area contributed by atoms with E-state index in [1.54, 1.807) is 31.2 Å². The molecule has 0 spiro atoms. The van der Waals surface area contributed by atoms with Crippen molar-refractivity contribution in [3.8, 4) is 0 Å². The molecular weight excluding hydrogens is 378 g/mol. The first-order chi connectivity index (χ1) is 11.0. The van der Waals surface area contributed by atoms with Gasteiger partial charge in [0.25, 0.3) is 5.91 Å². The van der Waals surface area contributed by atoms with Gasteiger partial charge in [0.05, 0.1) is 12.2 Å². The predicted octanol–water partition coefficient (Wildman–Crippen LogP) is 4.81. The van der Waals surface area contributed by atoms with E-state index >= 15 is 0 Å². The van der Waals surface area contributed by atoms with Gasteiger partial charge in [-0.25, -0.2) is 4.79 Å². The molecule has 122 valence electrons. The van der Waals surface area contributed by atoms with Gasteiger partial charge in [0, 0.05) is 14.9 Å². The Kier molecular flexibility index (Phi) is 5.96. The lowest BCUT2D eigenvalue weighted by molar-refractivity contribution is 0.0527. The van der Waals surface area contributed by atoms with E-state index in [4.69, 9.17) is 4.74 Å². The highest BCUT2D eigenvalue weighted by atomic mass is 79.9. The zero-order valence-electron chi connectivity index (χ0n) is 13.2. The fourth-order valence-corrected chi connectivity index (χ4v) is 3.68. The topological polar surface area (TPSA) is 55.4 Å². The molecule has 0 fully saturated rings. The summed E-state index contributed by atoms with van der Waals surface area (Å²) in [5.41, 5.74) is 1.94. The fraction of sp³-hybridized carbons (Fsp3) is 0.294. The SMILES string of the molecule is CCOC(=O)c1c(NC(=O)c2ccc(Br)cc2)sc(C)c1CC. The quantitative estimate of drug-likeness (QED) is 0.738. The van der Waals surface area contributed by atoms with Crippen molar-refractivity contribution in [1.82, 2.24) is 0 Å². The smallest absolute Gasteiger partial charge is 0.341 e. The van der Waals surface area contributed by atoms with Crippen LogP contribution in [-0.2, 0) is 11.2 Å². The summed E-state index contributed by atoms with van der Waals surface area (Å²) in [5, 5.41) is 3.39.